The molecule has 0 saturated heterocycles. The Morgan fingerprint density at radius 1 is 1.50 bits per heavy atom. The smallest absolute Gasteiger partial charge is 0.157 e. The lowest BCUT2D eigenvalue weighted by atomic mass is 9.75. The summed E-state index contributed by atoms with van der Waals surface area (Å²) in [5.41, 5.74) is 0.518. The van der Waals surface area contributed by atoms with Gasteiger partial charge in [0.15, 0.2) is 5.17 Å². The van der Waals surface area contributed by atoms with E-state index < -0.39 is 0 Å². The molecule has 0 aromatic carbocycles. The van der Waals surface area contributed by atoms with E-state index in [4.69, 9.17) is 4.99 Å². The third-order valence-electron chi connectivity index (χ3n) is 3.72. The zero-order chi connectivity index (χ0) is 11.6. The summed E-state index contributed by atoms with van der Waals surface area (Å²) < 4.78 is 0. The van der Waals surface area contributed by atoms with Crippen LogP contribution in [0.15, 0.2) is 4.99 Å². The van der Waals surface area contributed by atoms with Gasteiger partial charge in [0.25, 0.3) is 0 Å². The molecule has 1 N–H and O–H groups in total. The highest BCUT2D eigenvalue weighted by molar-refractivity contribution is 8.14. The van der Waals surface area contributed by atoms with Gasteiger partial charge in [-0.25, -0.2) is 0 Å². The van der Waals surface area contributed by atoms with Crippen LogP contribution in [0, 0.1) is 5.41 Å². The minimum Gasteiger partial charge on any atom is -0.362 e. The van der Waals surface area contributed by atoms with Crippen molar-refractivity contribution in [2.75, 3.05) is 5.75 Å². The first kappa shape index (κ1) is 12.3. The van der Waals surface area contributed by atoms with Crippen molar-refractivity contribution in [3.05, 3.63) is 0 Å². The summed E-state index contributed by atoms with van der Waals surface area (Å²) in [6, 6.07) is 1.22. The second-order valence-corrected chi connectivity index (χ2v) is 6.92. The van der Waals surface area contributed by atoms with Crippen molar-refractivity contribution in [1.82, 2.24) is 5.32 Å². The third kappa shape index (κ3) is 3.16. The van der Waals surface area contributed by atoms with Crippen molar-refractivity contribution >= 4 is 16.9 Å². The van der Waals surface area contributed by atoms with E-state index in [2.05, 4.69) is 26.1 Å². The number of rotatable bonds is 2. The van der Waals surface area contributed by atoms with Crippen molar-refractivity contribution in [1.29, 1.82) is 0 Å². The molecule has 0 bridgehead atoms. The van der Waals surface area contributed by atoms with Crippen molar-refractivity contribution in [2.45, 2.75) is 65.0 Å². The van der Waals surface area contributed by atoms with Gasteiger partial charge in [-0.2, -0.15) is 0 Å². The maximum atomic E-state index is 4.72. The Labute approximate surface area is 104 Å². The standard InChI is InChI=1S/C13H24N2S/c1-4-10-9-16-12(14-10)15-11-6-5-7-13(2,3)8-11/h10-11H,4-9H2,1-3H3,(H,14,15). The molecule has 2 nitrogen and oxygen atoms in total. The molecule has 2 aliphatic rings. The largest absolute Gasteiger partial charge is 0.362 e. The minimum atomic E-state index is 0.518. The average Bonchev–Trinajstić information content (AvgIpc) is 2.64. The fourth-order valence-corrected chi connectivity index (χ4v) is 3.83. The summed E-state index contributed by atoms with van der Waals surface area (Å²) in [6.07, 6.45) is 6.53. The zero-order valence-electron chi connectivity index (χ0n) is 10.8. The monoisotopic (exact) mass is 240 g/mol. The number of nitrogens with zero attached hydrogens (tertiary/aromatic N) is 1. The van der Waals surface area contributed by atoms with E-state index in [9.17, 15) is 0 Å². The van der Waals surface area contributed by atoms with Crippen molar-refractivity contribution in [3.8, 4) is 0 Å². The Morgan fingerprint density at radius 2 is 2.31 bits per heavy atom. The SMILES string of the molecule is CCC1CSC(NC2CCCC(C)(C)C2)=N1. The van der Waals surface area contributed by atoms with E-state index in [0.29, 0.717) is 17.5 Å². The summed E-state index contributed by atoms with van der Waals surface area (Å²) >= 11 is 1.91. The van der Waals surface area contributed by atoms with Gasteiger partial charge in [-0.3, -0.25) is 4.99 Å². The summed E-state index contributed by atoms with van der Waals surface area (Å²) in [5.74, 6) is 1.18. The van der Waals surface area contributed by atoms with Gasteiger partial charge < -0.3 is 5.32 Å². The lowest BCUT2D eigenvalue weighted by molar-refractivity contribution is 0.211. The van der Waals surface area contributed by atoms with Crippen LogP contribution < -0.4 is 5.32 Å². The Hall–Kier alpha value is -0.180. The number of thioether (sulfide) groups is 1. The topological polar surface area (TPSA) is 24.4 Å². The van der Waals surface area contributed by atoms with Gasteiger partial charge in [0.1, 0.15) is 0 Å². The van der Waals surface area contributed by atoms with Gasteiger partial charge in [0, 0.05) is 11.8 Å². The van der Waals surface area contributed by atoms with Gasteiger partial charge >= 0.3 is 0 Å². The highest BCUT2D eigenvalue weighted by atomic mass is 32.2. The van der Waals surface area contributed by atoms with Gasteiger partial charge in [-0.15, -0.1) is 0 Å². The molecule has 16 heavy (non-hydrogen) atoms. The van der Waals surface area contributed by atoms with Gasteiger partial charge in [-0.1, -0.05) is 39.0 Å². The van der Waals surface area contributed by atoms with Crippen LogP contribution in [0.2, 0.25) is 0 Å². The maximum absolute atomic E-state index is 4.72. The van der Waals surface area contributed by atoms with Gasteiger partial charge in [0.2, 0.25) is 0 Å². The number of amidine groups is 1. The van der Waals surface area contributed by atoms with Crippen LogP contribution in [0.3, 0.4) is 0 Å². The summed E-state index contributed by atoms with van der Waals surface area (Å²) in [5, 5.41) is 4.85. The number of hydrogen-bond acceptors (Lipinski definition) is 3. The van der Waals surface area contributed by atoms with Gasteiger partial charge in [-0.05, 0) is 31.1 Å². The molecule has 1 aliphatic carbocycles. The molecular weight excluding hydrogens is 216 g/mol. The molecule has 0 amide bonds. The lowest BCUT2D eigenvalue weighted by Gasteiger charge is -2.35. The van der Waals surface area contributed by atoms with Crippen LogP contribution in [-0.2, 0) is 0 Å². The summed E-state index contributed by atoms with van der Waals surface area (Å²) in [7, 11) is 0. The normalized spacial score (nSPS) is 33.6. The molecule has 2 atom stereocenters. The Bertz CT molecular complexity index is 273. The van der Waals surface area contributed by atoms with Crippen molar-refractivity contribution in [3.63, 3.8) is 0 Å². The molecule has 0 aromatic rings. The molecular formula is C13H24N2S. The van der Waals surface area contributed by atoms with E-state index in [1.54, 1.807) is 0 Å². The number of nitrogens with one attached hydrogen (secondary N) is 1. The first-order valence-electron chi connectivity index (χ1n) is 6.56. The molecule has 0 radical (unpaired) electrons. The highest BCUT2D eigenvalue weighted by Crippen LogP contribution is 2.35. The fourth-order valence-electron chi connectivity index (χ4n) is 2.70. The molecule has 0 spiro atoms. The van der Waals surface area contributed by atoms with Gasteiger partial charge in [0.05, 0.1) is 6.04 Å². The Morgan fingerprint density at radius 3 is 2.94 bits per heavy atom. The molecule has 92 valence electrons. The van der Waals surface area contributed by atoms with E-state index >= 15 is 0 Å². The Kier molecular flexibility index (Phi) is 3.83. The second-order valence-electron chi connectivity index (χ2n) is 5.91. The lowest BCUT2D eigenvalue weighted by Crippen LogP contribution is -2.39. The predicted octanol–water partition coefficient (Wildman–Crippen LogP) is 3.43. The van der Waals surface area contributed by atoms with Crippen LogP contribution in [0.5, 0.6) is 0 Å². The summed E-state index contributed by atoms with van der Waals surface area (Å²) in [6.45, 7) is 7.00. The van der Waals surface area contributed by atoms with E-state index in [-0.39, 0.29) is 0 Å². The minimum absolute atomic E-state index is 0.518. The molecule has 3 heteroatoms. The molecule has 1 saturated carbocycles. The highest BCUT2D eigenvalue weighted by Gasteiger charge is 2.29. The van der Waals surface area contributed by atoms with E-state index in [0.717, 1.165) is 0 Å². The quantitative estimate of drug-likeness (QED) is 0.799. The van der Waals surface area contributed by atoms with Crippen LogP contribution in [0.25, 0.3) is 0 Å². The first-order chi connectivity index (χ1) is 7.59. The first-order valence-corrected chi connectivity index (χ1v) is 7.55. The predicted molar refractivity (Wildman–Crippen MR) is 73.1 cm³/mol. The van der Waals surface area contributed by atoms with E-state index in [1.165, 1.54) is 43.0 Å². The molecule has 1 heterocycles. The van der Waals surface area contributed by atoms with Crippen molar-refractivity contribution < 1.29 is 0 Å². The third-order valence-corrected chi connectivity index (χ3v) is 4.76. The van der Waals surface area contributed by atoms with Crippen LogP contribution in [0.4, 0.5) is 0 Å². The second kappa shape index (κ2) is 4.99. The molecule has 1 aliphatic heterocycles. The fraction of sp³-hybridized carbons (Fsp3) is 0.923. The average molecular weight is 240 g/mol. The Balaban J connectivity index is 1.86. The maximum Gasteiger partial charge on any atom is 0.157 e. The number of aliphatic imine (C=N–C) groups is 1. The van der Waals surface area contributed by atoms with Crippen LogP contribution in [0.1, 0.15) is 52.9 Å². The molecule has 2 unspecified atom stereocenters. The molecule has 1 fully saturated rings. The number of hydrogen-bond donors (Lipinski definition) is 1. The van der Waals surface area contributed by atoms with Crippen molar-refractivity contribution in [2.24, 2.45) is 10.4 Å². The van der Waals surface area contributed by atoms with E-state index in [1.807, 2.05) is 11.8 Å². The molecule has 0 aromatic heterocycles. The van der Waals surface area contributed by atoms with Crippen LogP contribution >= 0.6 is 11.8 Å². The van der Waals surface area contributed by atoms with Crippen LogP contribution in [-0.4, -0.2) is 23.0 Å². The zero-order valence-corrected chi connectivity index (χ0v) is 11.6. The molecule has 2 rings (SSSR count). The summed E-state index contributed by atoms with van der Waals surface area (Å²) in [4.78, 5) is 4.72.